The minimum Gasteiger partial charge on any atom is -0.497 e. The van der Waals surface area contributed by atoms with Crippen molar-refractivity contribution in [2.24, 2.45) is 0 Å². The van der Waals surface area contributed by atoms with Gasteiger partial charge < -0.3 is 19.5 Å². The molecule has 6 nitrogen and oxygen atoms in total. The number of nitrogens with one attached hydrogen (secondary N) is 1. The third-order valence-corrected chi connectivity index (χ3v) is 5.61. The van der Waals surface area contributed by atoms with Crippen LogP contribution in [0.2, 0.25) is 0 Å². The van der Waals surface area contributed by atoms with Gasteiger partial charge in [0.2, 0.25) is 0 Å². The first-order chi connectivity index (χ1) is 13.7. The monoisotopic (exact) mass is 373 g/mol. The van der Waals surface area contributed by atoms with Crippen molar-refractivity contribution in [3.63, 3.8) is 0 Å². The van der Waals surface area contributed by atoms with E-state index >= 15 is 0 Å². The maximum atomic E-state index is 5.26. The molecule has 0 spiro atoms. The van der Waals surface area contributed by atoms with Gasteiger partial charge >= 0.3 is 0 Å². The van der Waals surface area contributed by atoms with Gasteiger partial charge in [-0.25, -0.2) is 9.97 Å². The van der Waals surface area contributed by atoms with Crippen LogP contribution in [-0.2, 0) is 0 Å². The molecule has 4 aromatic rings. The summed E-state index contributed by atoms with van der Waals surface area (Å²) in [5.74, 6) is 1.88. The van der Waals surface area contributed by atoms with E-state index < -0.39 is 0 Å². The molecule has 0 atom stereocenters. The number of methoxy groups -OCH3 is 1. The Morgan fingerprint density at radius 2 is 1.68 bits per heavy atom. The van der Waals surface area contributed by atoms with Crippen LogP contribution < -0.4 is 14.5 Å². The van der Waals surface area contributed by atoms with Crippen LogP contribution in [0.3, 0.4) is 0 Å². The fourth-order valence-corrected chi connectivity index (χ4v) is 4.11. The predicted molar refractivity (Wildman–Crippen MR) is 114 cm³/mol. The van der Waals surface area contributed by atoms with Gasteiger partial charge in [0.25, 0.3) is 0 Å². The summed E-state index contributed by atoms with van der Waals surface area (Å²) in [4.78, 5) is 17.5. The Balaban J connectivity index is 1.42. The second kappa shape index (κ2) is 6.71. The first-order valence-electron chi connectivity index (χ1n) is 9.60. The van der Waals surface area contributed by atoms with E-state index in [0.29, 0.717) is 0 Å². The maximum Gasteiger partial charge on any atom is 0.156 e. The second-order valence-electron chi connectivity index (χ2n) is 7.22. The van der Waals surface area contributed by atoms with Crippen LogP contribution in [-0.4, -0.2) is 48.2 Å². The first-order valence-corrected chi connectivity index (χ1v) is 9.60. The molecule has 0 bridgehead atoms. The molecule has 0 unspecified atom stereocenters. The number of anilines is 2. The largest absolute Gasteiger partial charge is 0.497 e. The fraction of sp³-hybridized carbons (Fsp3) is 0.273. The summed E-state index contributed by atoms with van der Waals surface area (Å²) in [6.07, 6.45) is 1.69. The van der Waals surface area contributed by atoms with E-state index in [1.165, 1.54) is 16.6 Å². The minimum atomic E-state index is 0.889. The van der Waals surface area contributed by atoms with Crippen molar-refractivity contribution in [1.82, 2.24) is 15.0 Å². The topological polar surface area (TPSA) is 57.3 Å². The highest BCUT2D eigenvalue weighted by Crippen LogP contribution is 2.31. The van der Waals surface area contributed by atoms with Crippen molar-refractivity contribution in [2.45, 2.75) is 6.92 Å². The molecule has 0 radical (unpaired) electrons. The van der Waals surface area contributed by atoms with E-state index in [9.17, 15) is 0 Å². The third kappa shape index (κ3) is 2.72. The number of aromatic amines is 1. The smallest absolute Gasteiger partial charge is 0.156 e. The summed E-state index contributed by atoms with van der Waals surface area (Å²) in [7, 11) is 1.70. The van der Waals surface area contributed by atoms with Crippen LogP contribution in [0.25, 0.3) is 21.9 Å². The van der Waals surface area contributed by atoms with Crippen LogP contribution in [0.5, 0.6) is 5.75 Å². The van der Waals surface area contributed by atoms with E-state index in [0.717, 1.165) is 54.3 Å². The van der Waals surface area contributed by atoms with Crippen molar-refractivity contribution in [1.29, 1.82) is 0 Å². The van der Waals surface area contributed by atoms with Crippen LogP contribution in [0.15, 0.2) is 48.8 Å². The normalized spacial score (nSPS) is 14.8. The molecule has 1 N–H and O–H groups in total. The van der Waals surface area contributed by atoms with E-state index in [1.54, 1.807) is 13.4 Å². The Kier molecular flexibility index (Phi) is 4.04. The Bertz CT molecular complexity index is 1130. The summed E-state index contributed by atoms with van der Waals surface area (Å²) in [5, 5.41) is 1.19. The highest BCUT2D eigenvalue weighted by molar-refractivity contribution is 6.09. The number of H-pyrrole nitrogens is 1. The molecule has 0 saturated carbocycles. The zero-order valence-electron chi connectivity index (χ0n) is 16.1. The summed E-state index contributed by atoms with van der Waals surface area (Å²) in [6, 6.07) is 14.6. The lowest BCUT2D eigenvalue weighted by Gasteiger charge is -2.36. The van der Waals surface area contributed by atoms with E-state index in [-0.39, 0.29) is 0 Å². The van der Waals surface area contributed by atoms with Crippen molar-refractivity contribution >= 4 is 33.4 Å². The van der Waals surface area contributed by atoms with Crippen LogP contribution >= 0.6 is 0 Å². The molecular weight excluding hydrogens is 350 g/mol. The molecule has 3 heterocycles. The molecule has 0 aliphatic carbocycles. The van der Waals surface area contributed by atoms with E-state index in [1.807, 2.05) is 12.1 Å². The molecule has 1 fully saturated rings. The molecule has 2 aromatic heterocycles. The molecule has 0 amide bonds. The number of piperazine rings is 1. The molecule has 6 heteroatoms. The summed E-state index contributed by atoms with van der Waals surface area (Å²) in [6.45, 7) is 5.89. The molecule has 28 heavy (non-hydrogen) atoms. The van der Waals surface area contributed by atoms with Gasteiger partial charge in [0.1, 0.15) is 23.1 Å². The quantitative estimate of drug-likeness (QED) is 0.593. The Morgan fingerprint density at radius 3 is 2.43 bits per heavy atom. The van der Waals surface area contributed by atoms with Crippen molar-refractivity contribution < 1.29 is 4.74 Å². The minimum absolute atomic E-state index is 0.889. The highest BCUT2D eigenvalue weighted by atomic mass is 16.5. The Morgan fingerprint density at radius 1 is 0.929 bits per heavy atom. The van der Waals surface area contributed by atoms with Gasteiger partial charge in [0.15, 0.2) is 5.82 Å². The van der Waals surface area contributed by atoms with Gasteiger partial charge in [-0.05, 0) is 42.8 Å². The number of benzene rings is 2. The molecular formula is C22H23N5O. The number of hydrogen-bond acceptors (Lipinski definition) is 5. The van der Waals surface area contributed by atoms with Gasteiger partial charge in [-0.2, -0.15) is 0 Å². The maximum absolute atomic E-state index is 5.26. The lowest BCUT2D eigenvalue weighted by Crippen LogP contribution is -2.46. The lowest BCUT2D eigenvalue weighted by molar-refractivity contribution is 0.415. The predicted octanol–water partition coefficient (Wildman–Crippen LogP) is 3.75. The van der Waals surface area contributed by atoms with Crippen LogP contribution in [0.4, 0.5) is 11.5 Å². The Labute approximate surface area is 163 Å². The van der Waals surface area contributed by atoms with Gasteiger partial charge in [-0.3, -0.25) is 0 Å². The van der Waals surface area contributed by atoms with E-state index in [2.05, 4.69) is 62.0 Å². The number of hydrogen-bond donors (Lipinski definition) is 1. The molecule has 5 rings (SSSR count). The first kappa shape index (κ1) is 16.9. The summed E-state index contributed by atoms with van der Waals surface area (Å²) < 4.78 is 5.26. The van der Waals surface area contributed by atoms with Gasteiger partial charge in [0, 0.05) is 42.8 Å². The van der Waals surface area contributed by atoms with Crippen molar-refractivity contribution in [3.8, 4) is 5.75 Å². The van der Waals surface area contributed by atoms with Crippen molar-refractivity contribution in [2.75, 3.05) is 43.1 Å². The third-order valence-electron chi connectivity index (χ3n) is 5.61. The Hall–Kier alpha value is -3.28. The van der Waals surface area contributed by atoms with Crippen LogP contribution in [0.1, 0.15) is 5.56 Å². The molecule has 1 saturated heterocycles. The zero-order valence-corrected chi connectivity index (χ0v) is 16.1. The fourth-order valence-electron chi connectivity index (χ4n) is 4.11. The van der Waals surface area contributed by atoms with Crippen LogP contribution in [0, 0.1) is 6.92 Å². The number of nitrogens with zero attached hydrogens (tertiary/aromatic N) is 4. The molecule has 1 aliphatic rings. The standard InChI is InChI=1S/C22H23N5O/c1-15-4-3-5-18-19(15)20-21(25-18)22(24-14-23-20)27-12-10-26(11-13-27)16-6-8-17(28-2)9-7-16/h3-9,14,25H,10-13H2,1-2H3. The lowest BCUT2D eigenvalue weighted by atomic mass is 10.1. The number of rotatable bonds is 3. The number of aryl methyl sites for hydroxylation is 1. The summed E-state index contributed by atoms with van der Waals surface area (Å²) in [5.41, 5.74) is 5.63. The van der Waals surface area contributed by atoms with Gasteiger partial charge in [-0.1, -0.05) is 12.1 Å². The molecule has 142 valence electrons. The van der Waals surface area contributed by atoms with Crippen molar-refractivity contribution in [3.05, 3.63) is 54.4 Å². The summed E-state index contributed by atoms with van der Waals surface area (Å²) >= 11 is 0. The number of aromatic nitrogens is 3. The average Bonchev–Trinajstić information content (AvgIpc) is 3.14. The molecule has 1 aliphatic heterocycles. The van der Waals surface area contributed by atoms with E-state index in [4.69, 9.17) is 4.74 Å². The van der Waals surface area contributed by atoms with Gasteiger partial charge in [-0.15, -0.1) is 0 Å². The number of fused-ring (bicyclic) bond motifs is 3. The highest BCUT2D eigenvalue weighted by Gasteiger charge is 2.22. The SMILES string of the molecule is COc1ccc(N2CCN(c3ncnc4c3[nH]c3cccc(C)c34)CC2)cc1. The van der Waals surface area contributed by atoms with Gasteiger partial charge in [0.05, 0.1) is 7.11 Å². The number of ether oxygens (including phenoxy) is 1. The molecule has 2 aromatic carbocycles. The second-order valence-corrected chi connectivity index (χ2v) is 7.22. The zero-order chi connectivity index (χ0) is 19.1. The average molecular weight is 373 g/mol.